The minimum Gasteiger partial charge on any atom is -0.506 e. The molecular weight excluding hydrogens is 342 g/mol. The molecule has 2 heterocycles. The summed E-state index contributed by atoms with van der Waals surface area (Å²) < 4.78 is 5.28. The molecule has 0 aliphatic carbocycles. The fraction of sp³-hybridized carbons (Fsp3) is 0.476. The van der Waals surface area contributed by atoms with E-state index >= 15 is 0 Å². The number of methoxy groups -OCH3 is 1. The van der Waals surface area contributed by atoms with Crippen molar-refractivity contribution in [3.63, 3.8) is 0 Å². The number of ether oxygens (including phenoxy) is 1. The average molecular weight is 371 g/mol. The molecule has 27 heavy (non-hydrogen) atoms. The molecule has 0 amide bonds. The summed E-state index contributed by atoms with van der Waals surface area (Å²) in [6.45, 7) is 4.05. The average Bonchev–Trinajstić information content (AvgIpc) is 3.10. The van der Waals surface area contributed by atoms with Gasteiger partial charge in [0.2, 0.25) is 0 Å². The van der Waals surface area contributed by atoms with Crippen LogP contribution in [0.15, 0.2) is 30.5 Å². The first kappa shape index (κ1) is 19.6. The second kappa shape index (κ2) is 8.25. The largest absolute Gasteiger partial charge is 0.506 e. The third kappa shape index (κ3) is 4.08. The highest BCUT2D eigenvalue weighted by atomic mass is 16.5. The molecule has 0 unspecified atom stereocenters. The maximum absolute atomic E-state index is 10.5. The van der Waals surface area contributed by atoms with Gasteiger partial charge < -0.3 is 19.8 Å². The Hall–Kier alpha value is -2.15. The summed E-state index contributed by atoms with van der Waals surface area (Å²) in [4.78, 5) is 8.76. The Morgan fingerprint density at radius 2 is 1.93 bits per heavy atom. The van der Waals surface area contributed by atoms with E-state index in [0.717, 1.165) is 24.4 Å². The molecular formula is C21H29N3O3. The van der Waals surface area contributed by atoms with E-state index < -0.39 is 0 Å². The lowest BCUT2D eigenvalue weighted by Gasteiger charge is -2.25. The van der Waals surface area contributed by atoms with Crippen molar-refractivity contribution in [2.24, 2.45) is 0 Å². The van der Waals surface area contributed by atoms with Gasteiger partial charge in [-0.15, -0.1) is 0 Å². The van der Waals surface area contributed by atoms with Crippen LogP contribution >= 0.6 is 0 Å². The molecule has 2 atom stereocenters. The zero-order valence-corrected chi connectivity index (χ0v) is 16.5. The number of benzene rings is 1. The first-order valence-corrected chi connectivity index (χ1v) is 9.24. The molecule has 2 N–H and O–H groups in total. The SMILES string of the molecule is COc1ccc([C@@H]2CN(Cc3c(CO)cnc(C)c3O)C[C@H]2N(C)C)cc1. The van der Waals surface area contributed by atoms with Crippen molar-refractivity contribution >= 4 is 0 Å². The first-order chi connectivity index (χ1) is 12.9. The topological polar surface area (TPSA) is 69.1 Å². The van der Waals surface area contributed by atoms with Crippen molar-refractivity contribution in [2.45, 2.75) is 32.0 Å². The van der Waals surface area contributed by atoms with E-state index in [0.29, 0.717) is 29.8 Å². The van der Waals surface area contributed by atoms with E-state index in [1.54, 1.807) is 20.2 Å². The molecule has 2 aromatic rings. The van der Waals surface area contributed by atoms with Crippen molar-refractivity contribution in [1.29, 1.82) is 0 Å². The van der Waals surface area contributed by atoms with Crippen LogP contribution < -0.4 is 4.74 Å². The summed E-state index contributed by atoms with van der Waals surface area (Å²) >= 11 is 0. The van der Waals surface area contributed by atoms with Gasteiger partial charge in [-0.25, -0.2) is 0 Å². The fourth-order valence-electron chi connectivity index (χ4n) is 3.92. The number of hydrogen-bond acceptors (Lipinski definition) is 6. The van der Waals surface area contributed by atoms with E-state index in [1.807, 2.05) is 12.1 Å². The van der Waals surface area contributed by atoms with E-state index in [-0.39, 0.29) is 12.4 Å². The number of pyridine rings is 1. The zero-order chi connectivity index (χ0) is 19.6. The van der Waals surface area contributed by atoms with Gasteiger partial charge in [0.05, 0.1) is 19.4 Å². The number of aryl methyl sites for hydroxylation is 1. The molecule has 1 aliphatic heterocycles. The van der Waals surface area contributed by atoms with Gasteiger partial charge in [-0.05, 0) is 38.7 Å². The quantitative estimate of drug-likeness (QED) is 0.811. The van der Waals surface area contributed by atoms with Gasteiger partial charge in [-0.2, -0.15) is 0 Å². The highest BCUT2D eigenvalue weighted by molar-refractivity contribution is 5.41. The molecule has 1 aromatic heterocycles. The van der Waals surface area contributed by atoms with Crippen LogP contribution in [-0.4, -0.2) is 65.3 Å². The molecule has 146 valence electrons. The predicted octanol–water partition coefficient (Wildman–Crippen LogP) is 2.13. The second-order valence-electron chi connectivity index (χ2n) is 7.46. The summed E-state index contributed by atoms with van der Waals surface area (Å²) in [5.41, 5.74) is 3.34. The van der Waals surface area contributed by atoms with Gasteiger partial charge in [-0.1, -0.05) is 12.1 Å². The molecule has 1 aromatic carbocycles. The normalized spacial score (nSPS) is 20.4. The van der Waals surface area contributed by atoms with Crippen LogP contribution in [-0.2, 0) is 13.2 Å². The van der Waals surface area contributed by atoms with Crippen LogP contribution in [0, 0.1) is 6.92 Å². The number of rotatable bonds is 6. The Morgan fingerprint density at radius 1 is 1.22 bits per heavy atom. The van der Waals surface area contributed by atoms with Gasteiger partial charge in [0, 0.05) is 48.9 Å². The van der Waals surface area contributed by atoms with Crippen LogP contribution in [0.2, 0.25) is 0 Å². The molecule has 6 nitrogen and oxygen atoms in total. The van der Waals surface area contributed by atoms with Gasteiger partial charge in [0.1, 0.15) is 11.5 Å². The van der Waals surface area contributed by atoms with Crippen molar-refractivity contribution in [2.75, 3.05) is 34.3 Å². The molecule has 0 radical (unpaired) electrons. The Balaban J connectivity index is 1.84. The van der Waals surface area contributed by atoms with Crippen molar-refractivity contribution in [3.05, 3.63) is 52.8 Å². The van der Waals surface area contributed by atoms with Crippen LogP contribution in [0.4, 0.5) is 0 Å². The lowest BCUT2D eigenvalue weighted by Crippen LogP contribution is -2.34. The molecule has 3 rings (SSSR count). The van der Waals surface area contributed by atoms with Crippen LogP contribution in [0.5, 0.6) is 11.5 Å². The Kier molecular flexibility index (Phi) is 5.99. The molecule has 1 aliphatic rings. The van der Waals surface area contributed by atoms with Crippen LogP contribution in [0.25, 0.3) is 0 Å². The van der Waals surface area contributed by atoms with Crippen molar-refractivity contribution in [3.8, 4) is 11.5 Å². The Morgan fingerprint density at radius 3 is 2.52 bits per heavy atom. The maximum Gasteiger partial charge on any atom is 0.141 e. The molecule has 1 fully saturated rings. The monoisotopic (exact) mass is 371 g/mol. The number of aromatic hydroxyl groups is 1. The van der Waals surface area contributed by atoms with Crippen LogP contribution in [0.3, 0.4) is 0 Å². The summed E-state index contributed by atoms with van der Waals surface area (Å²) in [5.74, 6) is 1.42. The number of nitrogens with zero attached hydrogens (tertiary/aromatic N) is 3. The van der Waals surface area contributed by atoms with Crippen molar-refractivity contribution in [1.82, 2.24) is 14.8 Å². The summed E-state index contributed by atoms with van der Waals surface area (Å²) in [7, 11) is 5.90. The van der Waals surface area contributed by atoms with E-state index in [1.165, 1.54) is 5.56 Å². The number of aliphatic hydroxyl groups is 1. The van der Waals surface area contributed by atoms with E-state index in [9.17, 15) is 10.2 Å². The van der Waals surface area contributed by atoms with E-state index in [4.69, 9.17) is 4.74 Å². The zero-order valence-electron chi connectivity index (χ0n) is 16.5. The number of aliphatic hydroxyl groups excluding tert-OH is 1. The minimum absolute atomic E-state index is 0.122. The molecule has 0 bridgehead atoms. The molecule has 0 spiro atoms. The first-order valence-electron chi connectivity index (χ1n) is 9.24. The van der Waals surface area contributed by atoms with Crippen molar-refractivity contribution < 1.29 is 14.9 Å². The fourth-order valence-corrected chi connectivity index (χ4v) is 3.92. The number of likely N-dealkylation sites (tertiary alicyclic amines) is 1. The number of likely N-dealkylation sites (N-methyl/N-ethyl adjacent to an activating group) is 1. The highest BCUT2D eigenvalue weighted by Crippen LogP contribution is 2.34. The van der Waals surface area contributed by atoms with Gasteiger partial charge in [0.15, 0.2) is 0 Å². The number of aromatic nitrogens is 1. The Bertz CT molecular complexity index is 777. The second-order valence-corrected chi connectivity index (χ2v) is 7.46. The summed E-state index contributed by atoms with van der Waals surface area (Å²) in [5, 5.41) is 20.1. The van der Waals surface area contributed by atoms with E-state index in [2.05, 4.69) is 41.0 Å². The van der Waals surface area contributed by atoms with Gasteiger partial charge >= 0.3 is 0 Å². The molecule has 6 heteroatoms. The summed E-state index contributed by atoms with van der Waals surface area (Å²) in [6, 6.07) is 8.66. The Labute approximate surface area is 161 Å². The minimum atomic E-state index is -0.122. The third-order valence-corrected chi connectivity index (χ3v) is 5.55. The molecule has 0 saturated carbocycles. The standard InChI is InChI=1S/C21H29N3O3/c1-14-21(26)19(16(13-25)9-22-14)11-24-10-18(20(12-24)23(2)3)15-5-7-17(27-4)8-6-15/h5-9,18,20,25-26H,10-13H2,1-4H3/t18-,20+/m0/s1. The lowest BCUT2D eigenvalue weighted by atomic mass is 9.93. The third-order valence-electron chi connectivity index (χ3n) is 5.55. The lowest BCUT2D eigenvalue weighted by molar-refractivity contribution is 0.252. The maximum atomic E-state index is 10.5. The smallest absolute Gasteiger partial charge is 0.141 e. The highest BCUT2D eigenvalue weighted by Gasteiger charge is 2.35. The molecule has 1 saturated heterocycles. The van der Waals surface area contributed by atoms with Gasteiger partial charge in [0.25, 0.3) is 0 Å². The number of hydrogen-bond donors (Lipinski definition) is 2. The summed E-state index contributed by atoms with van der Waals surface area (Å²) in [6.07, 6.45) is 1.66. The van der Waals surface area contributed by atoms with Gasteiger partial charge in [-0.3, -0.25) is 9.88 Å². The predicted molar refractivity (Wildman–Crippen MR) is 105 cm³/mol. The van der Waals surface area contributed by atoms with Crippen LogP contribution in [0.1, 0.15) is 28.3 Å².